The predicted octanol–water partition coefficient (Wildman–Crippen LogP) is 5.46. The molecule has 0 saturated heterocycles. The van der Waals surface area contributed by atoms with Crippen molar-refractivity contribution in [3.63, 3.8) is 0 Å². The maximum atomic E-state index is 14.0. The van der Waals surface area contributed by atoms with Crippen LogP contribution >= 0.6 is 15.9 Å². The SMILES string of the molecule is Cc1ccc(C(Nc2c(F)cccc2Br)C2CC2)cc1. The molecule has 0 aliphatic heterocycles. The lowest BCUT2D eigenvalue weighted by Crippen LogP contribution is -2.14. The normalized spacial score (nSPS) is 15.9. The van der Waals surface area contributed by atoms with Crippen LogP contribution in [0, 0.1) is 18.7 Å². The average Bonchev–Trinajstić information content (AvgIpc) is 3.24. The summed E-state index contributed by atoms with van der Waals surface area (Å²) >= 11 is 3.43. The molecule has 20 heavy (non-hydrogen) atoms. The number of benzene rings is 2. The maximum Gasteiger partial charge on any atom is 0.147 e. The fraction of sp³-hybridized carbons (Fsp3) is 0.294. The Morgan fingerprint density at radius 2 is 1.85 bits per heavy atom. The van der Waals surface area contributed by atoms with Crippen LogP contribution in [0.15, 0.2) is 46.9 Å². The van der Waals surface area contributed by atoms with Crippen LogP contribution in [0.2, 0.25) is 0 Å². The van der Waals surface area contributed by atoms with E-state index in [0.29, 0.717) is 11.6 Å². The van der Waals surface area contributed by atoms with Gasteiger partial charge in [-0.1, -0.05) is 35.9 Å². The van der Waals surface area contributed by atoms with Gasteiger partial charge in [-0.25, -0.2) is 4.39 Å². The van der Waals surface area contributed by atoms with Gasteiger partial charge >= 0.3 is 0 Å². The van der Waals surface area contributed by atoms with Crippen molar-refractivity contribution in [3.05, 3.63) is 63.9 Å². The van der Waals surface area contributed by atoms with Crippen molar-refractivity contribution in [3.8, 4) is 0 Å². The summed E-state index contributed by atoms with van der Waals surface area (Å²) in [4.78, 5) is 0. The molecular formula is C17H17BrFN. The quantitative estimate of drug-likeness (QED) is 0.783. The third kappa shape index (κ3) is 2.88. The Labute approximate surface area is 127 Å². The number of para-hydroxylation sites is 1. The van der Waals surface area contributed by atoms with E-state index in [2.05, 4.69) is 52.4 Å². The fourth-order valence-electron chi connectivity index (χ4n) is 2.47. The van der Waals surface area contributed by atoms with Crippen LogP contribution < -0.4 is 5.32 Å². The van der Waals surface area contributed by atoms with E-state index in [-0.39, 0.29) is 11.9 Å². The van der Waals surface area contributed by atoms with Gasteiger partial charge in [0, 0.05) is 4.47 Å². The lowest BCUT2D eigenvalue weighted by Gasteiger charge is -2.21. The third-order valence-electron chi connectivity index (χ3n) is 3.79. The van der Waals surface area contributed by atoms with Crippen LogP contribution in [0.5, 0.6) is 0 Å². The van der Waals surface area contributed by atoms with Gasteiger partial charge in [0.2, 0.25) is 0 Å². The topological polar surface area (TPSA) is 12.0 Å². The summed E-state index contributed by atoms with van der Waals surface area (Å²) in [6.07, 6.45) is 2.41. The van der Waals surface area contributed by atoms with Gasteiger partial charge in [0.15, 0.2) is 0 Å². The first-order chi connectivity index (χ1) is 9.65. The molecule has 1 aliphatic rings. The van der Waals surface area contributed by atoms with Gasteiger partial charge in [-0.3, -0.25) is 0 Å². The Bertz CT molecular complexity index is 585. The number of aryl methyl sites for hydroxylation is 1. The van der Waals surface area contributed by atoms with E-state index in [1.54, 1.807) is 6.07 Å². The third-order valence-corrected chi connectivity index (χ3v) is 4.45. The lowest BCUT2D eigenvalue weighted by molar-refractivity contribution is 0.615. The Morgan fingerprint density at radius 1 is 1.15 bits per heavy atom. The molecule has 0 radical (unpaired) electrons. The Balaban J connectivity index is 1.90. The molecule has 1 saturated carbocycles. The zero-order chi connectivity index (χ0) is 14.1. The molecule has 1 atom stereocenters. The molecule has 0 amide bonds. The van der Waals surface area contributed by atoms with Crippen molar-refractivity contribution in [2.75, 3.05) is 5.32 Å². The molecule has 104 valence electrons. The highest BCUT2D eigenvalue weighted by Crippen LogP contribution is 2.44. The maximum absolute atomic E-state index is 14.0. The smallest absolute Gasteiger partial charge is 0.147 e. The van der Waals surface area contributed by atoms with Crippen molar-refractivity contribution in [2.45, 2.75) is 25.8 Å². The predicted molar refractivity (Wildman–Crippen MR) is 84.4 cm³/mol. The molecule has 3 heteroatoms. The lowest BCUT2D eigenvalue weighted by atomic mass is 10.0. The van der Waals surface area contributed by atoms with E-state index in [4.69, 9.17) is 0 Å². The van der Waals surface area contributed by atoms with E-state index >= 15 is 0 Å². The fourth-order valence-corrected chi connectivity index (χ4v) is 2.92. The zero-order valence-electron chi connectivity index (χ0n) is 11.4. The number of halogens is 2. The molecule has 2 aromatic rings. The van der Waals surface area contributed by atoms with Gasteiger partial charge in [-0.15, -0.1) is 0 Å². The molecule has 1 fully saturated rings. The Kier molecular flexibility index (Phi) is 3.79. The molecular weight excluding hydrogens is 317 g/mol. The molecule has 0 bridgehead atoms. The zero-order valence-corrected chi connectivity index (χ0v) is 13.0. The summed E-state index contributed by atoms with van der Waals surface area (Å²) in [6.45, 7) is 2.08. The molecule has 0 aromatic heterocycles. The van der Waals surface area contributed by atoms with Gasteiger partial charge in [0.1, 0.15) is 5.82 Å². The molecule has 1 nitrogen and oxygen atoms in total. The average molecular weight is 334 g/mol. The van der Waals surface area contributed by atoms with Crippen LogP contribution in [-0.4, -0.2) is 0 Å². The summed E-state index contributed by atoms with van der Waals surface area (Å²) in [5.74, 6) is 0.390. The monoisotopic (exact) mass is 333 g/mol. The molecule has 1 N–H and O–H groups in total. The first kappa shape index (κ1) is 13.6. The number of hydrogen-bond acceptors (Lipinski definition) is 1. The van der Waals surface area contributed by atoms with Crippen LogP contribution in [0.3, 0.4) is 0 Å². The van der Waals surface area contributed by atoms with Crippen molar-refractivity contribution < 1.29 is 4.39 Å². The minimum Gasteiger partial charge on any atom is -0.375 e. The highest BCUT2D eigenvalue weighted by molar-refractivity contribution is 9.10. The van der Waals surface area contributed by atoms with E-state index in [9.17, 15) is 4.39 Å². The summed E-state index contributed by atoms with van der Waals surface area (Å²) in [7, 11) is 0. The van der Waals surface area contributed by atoms with Crippen molar-refractivity contribution in [2.24, 2.45) is 5.92 Å². The van der Waals surface area contributed by atoms with Gasteiger partial charge in [-0.2, -0.15) is 0 Å². The molecule has 0 heterocycles. The number of hydrogen-bond donors (Lipinski definition) is 1. The molecule has 0 spiro atoms. The summed E-state index contributed by atoms with van der Waals surface area (Å²) in [6, 6.07) is 13.8. The highest BCUT2D eigenvalue weighted by Gasteiger charge is 2.33. The van der Waals surface area contributed by atoms with Crippen LogP contribution in [0.25, 0.3) is 0 Å². The molecule has 3 rings (SSSR count). The first-order valence-electron chi connectivity index (χ1n) is 6.92. The van der Waals surface area contributed by atoms with Crippen LogP contribution in [-0.2, 0) is 0 Å². The summed E-state index contributed by atoms with van der Waals surface area (Å²) in [5, 5.41) is 3.39. The summed E-state index contributed by atoms with van der Waals surface area (Å²) < 4.78 is 14.8. The number of rotatable bonds is 4. The van der Waals surface area contributed by atoms with E-state index in [1.807, 2.05) is 6.07 Å². The minimum atomic E-state index is -0.211. The standard InChI is InChI=1S/C17H17BrFN/c1-11-5-7-12(8-6-11)16(13-9-10-13)20-17-14(18)3-2-4-15(17)19/h2-8,13,16,20H,9-10H2,1H3. The van der Waals surface area contributed by atoms with E-state index in [1.165, 1.54) is 30.0 Å². The largest absolute Gasteiger partial charge is 0.375 e. The van der Waals surface area contributed by atoms with E-state index < -0.39 is 0 Å². The number of anilines is 1. The highest BCUT2D eigenvalue weighted by atomic mass is 79.9. The number of nitrogens with one attached hydrogen (secondary N) is 1. The Morgan fingerprint density at radius 3 is 2.45 bits per heavy atom. The van der Waals surface area contributed by atoms with Gasteiger partial charge in [0.25, 0.3) is 0 Å². The Hall–Kier alpha value is -1.35. The molecule has 1 unspecified atom stereocenters. The van der Waals surface area contributed by atoms with Gasteiger partial charge in [0.05, 0.1) is 11.7 Å². The first-order valence-corrected chi connectivity index (χ1v) is 7.71. The van der Waals surface area contributed by atoms with Gasteiger partial charge < -0.3 is 5.32 Å². The van der Waals surface area contributed by atoms with Crippen molar-refractivity contribution >= 4 is 21.6 Å². The summed E-state index contributed by atoms with van der Waals surface area (Å²) in [5.41, 5.74) is 3.04. The molecule has 1 aliphatic carbocycles. The second-order valence-corrected chi connectivity index (χ2v) is 6.32. The van der Waals surface area contributed by atoms with Crippen LogP contribution in [0.4, 0.5) is 10.1 Å². The van der Waals surface area contributed by atoms with Crippen molar-refractivity contribution in [1.29, 1.82) is 0 Å². The van der Waals surface area contributed by atoms with E-state index in [0.717, 1.165) is 4.47 Å². The van der Waals surface area contributed by atoms with Crippen molar-refractivity contribution in [1.82, 2.24) is 0 Å². The second-order valence-electron chi connectivity index (χ2n) is 5.47. The second kappa shape index (κ2) is 5.57. The van der Waals surface area contributed by atoms with Crippen LogP contribution in [0.1, 0.15) is 30.0 Å². The van der Waals surface area contributed by atoms with Gasteiger partial charge in [-0.05, 0) is 59.3 Å². The molecule has 2 aromatic carbocycles. The minimum absolute atomic E-state index is 0.184.